The fourth-order valence-electron chi connectivity index (χ4n) is 2.42. The minimum atomic E-state index is -0.777. The van der Waals surface area contributed by atoms with Gasteiger partial charge in [-0.05, 0) is 48.6 Å². The van der Waals surface area contributed by atoms with Crippen molar-refractivity contribution in [1.82, 2.24) is 10.2 Å². The van der Waals surface area contributed by atoms with Crippen molar-refractivity contribution in [3.63, 3.8) is 0 Å². The van der Waals surface area contributed by atoms with Gasteiger partial charge in [-0.15, -0.1) is 0 Å². The monoisotopic (exact) mass is 538 g/mol. The molecule has 0 radical (unpaired) electrons. The molecule has 2 amide bonds. The third-order valence-electron chi connectivity index (χ3n) is 4.04. The van der Waals surface area contributed by atoms with Gasteiger partial charge in [0.25, 0.3) is 0 Å². The molecule has 0 atom stereocenters. The summed E-state index contributed by atoms with van der Waals surface area (Å²) in [5.74, 6) is 0. The maximum atomic E-state index is 12.4. The molecule has 0 bridgehead atoms. The summed E-state index contributed by atoms with van der Waals surface area (Å²) >= 11 is 0. The Balaban J connectivity index is 3.74. The SMILES string of the molecule is CNCCOCCOCCOCCOCCOCCOCCN(C(=O)OC(C)(C)C)C(=O)OC(C)(C)C. The average Bonchev–Trinajstić information content (AvgIpc) is 2.77. The molecule has 0 aromatic heterocycles. The molecule has 0 rings (SSSR count). The van der Waals surface area contributed by atoms with Gasteiger partial charge in [0.2, 0.25) is 0 Å². The lowest BCUT2D eigenvalue weighted by Gasteiger charge is -2.28. The number of hydrogen-bond donors (Lipinski definition) is 1. The molecule has 0 aliphatic rings. The maximum absolute atomic E-state index is 12.4. The molecule has 220 valence electrons. The fraction of sp³-hybridized carbons (Fsp3) is 0.920. The predicted molar refractivity (Wildman–Crippen MR) is 138 cm³/mol. The zero-order chi connectivity index (χ0) is 28.0. The lowest BCUT2D eigenvalue weighted by Crippen LogP contribution is -2.45. The summed E-state index contributed by atoms with van der Waals surface area (Å²) < 4.78 is 43.1. The maximum Gasteiger partial charge on any atom is 0.419 e. The van der Waals surface area contributed by atoms with Gasteiger partial charge in [-0.25, -0.2) is 14.5 Å². The number of carbonyl (C=O) groups is 2. The Morgan fingerprint density at radius 2 is 0.838 bits per heavy atom. The van der Waals surface area contributed by atoms with E-state index in [1.54, 1.807) is 41.5 Å². The van der Waals surface area contributed by atoms with Gasteiger partial charge in [0.15, 0.2) is 0 Å². The normalized spacial score (nSPS) is 12.0. The van der Waals surface area contributed by atoms with Crippen LogP contribution in [-0.2, 0) is 37.9 Å². The standard InChI is InChI=1S/C25H50N2O10/c1-24(2,3)36-22(28)27(23(29)37-25(4,5)6)9-11-31-13-15-33-17-19-35-21-20-34-18-16-32-14-12-30-10-8-26-7/h26H,8-21H2,1-7H3. The van der Waals surface area contributed by atoms with Crippen LogP contribution in [0.5, 0.6) is 0 Å². The van der Waals surface area contributed by atoms with Crippen molar-refractivity contribution in [3.05, 3.63) is 0 Å². The zero-order valence-electron chi connectivity index (χ0n) is 23.9. The molecule has 0 spiro atoms. The smallest absolute Gasteiger partial charge is 0.419 e. The minimum absolute atomic E-state index is 0.00241. The largest absolute Gasteiger partial charge is 0.443 e. The first kappa shape index (κ1) is 35.5. The zero-order valence-corrected chi connectivity index (χ0v) is 23.9. The van der Waals surface area contributed by atoms with Crippen molar-refractivity contribution in [2.45, 2.75) is 52.7 Å². The number of ether oxygens (including phenoxy) is 8. The van der Waals surface area contributed by atoms with Crippen LogP contribution >= 0.6 is 0 Å². The summed E-state index contributed by atoms with van der Waals surface area (Å²) in [5.41, 5.74) is -1.48. The van der Waals surface area contributed by atoms with E-state index < -0.39 is 23.4 Å². The van der Waals surface area contributed by atoms with Gasteiger partial charge >= 0.3 is 12.2 Å². The third-order valence-corrected chi connectivity index (χ3v) is 4.04. The van der Waals surface area contributed by atoms with Crippen molar-refractivity contribution in [3.8, 4) is 0 Å². The van der Waals surface area contributed by atoms with E-state index in [0.717, 1.165) is 11.4 Å². The lowest BCUT2D eigenvalue weighted by atomic mass is 10.2. The molecule has 0 aliphatic heterocycles. The molecule has 0 aliphatic carbocycles. The van der Waals surface area contributed by atoms with Crippen LogP contribution in [-0.4, -0.2) is 128 Å². The Morgan fingerprint density at radius 1 is 0.541 bits per heavy atom. The van der Waals surface area contributed by atoms with E-state index >= 15 is 0 Å². The van der Waals surface area contributed by atoms with Crippen molar-refractivity contribution in [2.24, 2.45) is 0 Å². The Hall–Kier alpha value is -1.54. The molecule has 0 unspecified atom stereocenters. The van der Waals surface area contributed by atoms with Gasteiger partial charge in [0.1, 0.15) is 11.2 Å². The molecule has 37 heavy (non-hydrogen) atoms. The molecule has 0 saturated heterocycles. The summed E-state index contributed by atoms with van der Waals surface area (Å²) in [5, 5.41) is 3.01. The van der Waals surface area contributed by atoms with Crippen LogP contribution in [0, 0.1) is 0 Å². The van der Waals surface area contributed by atoms with E-state index in [1.807, 2.05) is 7.05 Å². The Labute approximate surface area is 222 Å². The van der Waals surface area contributed by atoms with E-state index in [0.29, 0.717) is 72.7 Å². The number of rotatable bonds is 21. The first-order valence-corrected chi connectivity index (χ1v) is 12.8. The number of carbonyl (C=O) groups excluding carboxylic acids is 2. The fourth-order valence-corrected chi connectivity index (χ4v) is 2.42. The summed E-state index contributed by atoms with van der Waals surface area (Å²) in [6.45, 7) is 16.6. The molecule has 0 aromatic carbocycles. The molecule has 0 aromatic rings. The van der Waals surface area contributed by atoms with E-state index in [9.17, 15) is 9.59 Å². The topological polar surface area (TPSA) is 123 Å². The van der Waals surface area contributed by atoms with Gasteiger partial charge in [-0.2, -0.15) is 0 Å². The second-order valence-corrected chi connectivity index (χ2v) is 9.89. The Bertz CT molecular complexity index is 551. The molecule has 0 heterocycles. The molecular formula is C25H50N2O10. The molecular weight excluding hydrogens is 488 g/mol. The molecule has 1 N–H and O–H groups in total. The average molecular weight is 539 g/mol. The lowest BCUT2D eigenvalue weighted by molar-refractivity contribution is -0.0202. The highest BCUT2D eigenvalue weighted by Crippen LogP contribution is 2.14. The Kier molecular flexibility index (Phi) is 20.5. The van der Waals surface area contributed by atoms with E-state index in [-0.39, 0.29) is 13.2 Å². The predicted octanol–water partition coefficient (Wildman–Crippen LogP) is 2.48. The number of hydrogen-bond acceptors (Lipinski definition) is 11. The highest BCUT2D eigenvalue weighted by atomic mass is 16.6. The first-order chi connectivity index (χ1) is 17.5. The van der Waals surface area contributed by atoms with Crippen LogP contribution in [0.2, 0.25) is 0 Å². The summed E-state index contributed by atoms with van der Waals surface area (Å²) in [4.78, 5) is 25.7. The summed E-state index contributed by atoms with van der Waals surface area (Å²) in [6.07, 6.45) is -1.55. The first-order valence-electron chi connectivity index (χ1n) is 12.8. The van der Waals surface area contributed by atoms with Gasteiger partial charge < -0.3 is 43.2 Å². The molecule has 0 saturated carbocycles. The van der Waals surface area contributed by atoms with E-state index in [4.69, 9.17) is 37.9 Å². The van der Waals surface area contributed by atoms with E-state index in [1.165, 1.54) is 0 Å². The second-order valence-electron chi connectivity index (χ2n) is 9.89. The molecule has 12 nitrogen and oxygen atoms in total. The highest BCUT2D eigenvalue weighted by Gasteiger charge is 2.30. The molecule has 0 fully saturated rings. The van der Waals surface area contributed by atoms with Crippen LogP contribution in [0.3, 0.4) is 0 Å². The molecule has 12 heteroatoms. The van der Waals surface area contributed by atoms with Gasteiger partial charge in [-0.3, -0.25) is 0 Å². The van der Waals surface area contributed by atoms with E-state index in [2.05, 4.69) is 5.32 Å². The quantitative estimate of drug-likeness (QED) is 0.217. The van der Waals surface area contributed by atoms with Crippen LogP contribution in [0.4, 0.5) is 9.59 Å². The minimum Gasteiger partial charge on any atom is -0.443 e. The number of nitrogens with zero attached hydrogens (tertiary/aromatic N) is 1. The van der Waals surface area contributed by atoms with Gasteiger partial charge in [0, 0.05) is 6.54 Å². The third kappa shape index (κ3) is 24.5. The number of amides is 2. The van der Waals surface area contributed by atoms with Crippen molar-refractivity contribution < 1.29 is 47.5 Å². The highest BCUT2D eigenvalue weighted by molar-refractivity contribution is 5.88. The Morgan fingerprint density at radius 3 is 1.14 bits per heavy atom. The number of likely N-dealkylation sites (N-methyl/N-ethyl adjacent to an activating group) is 1. The van der Waals surface area contributed by atoms with Crippen LogP contribution in [0.15, 0.2) is 0 Å². The second kappa shape index (κ2) is 21.4. The van der Waals surface area contributed by atoms with Gasteiger partial charge in [-0.1, -0.05) is 0 Å². The van der Waals surface area contributed by atoms with Crippen LogP contribution < -0.4 is 5.32 Å². The van der Waals surface area contributed by atoms with Crippen molar-refractivity contribution >= 4 is 12.2 Å². The van der Waals surface area contributed by atoms with Crippen molar-refractivity contribution in [1.29, 1.82) is 0 Å². The number of imide groups is 1. The number of nitrogens with one attached hydrogen (secondary N) is 1. The van der Waals surface area contributed by atoms with Crippen molar-refractivity contribution in [2.75, 3.05) is 99.4 Å². The summed E-state index contributed by atoms with van der Waals surface area (Å²) in [6, 6.07) is 0. The summed E-state index contributed by atoms with van der Waals surface area (Å²) in [7, 11) is 1.88. The van der Waals surface area contributed by atoms with Crippen LogP contribution in [0.1, 0.15) is 41.5 Å². The van der Waals surface area contributed by atoms with Crippen LogP contribution in [0.25, 0.3) is 0 Å². The van der Waals surface area contributed by atoms with Gasteiger partial charge in [0.05, 0.1) is 85.8 Å².